The highest BCUT2D eigenvalue weighted by molar-refractivity contribution is 9.10. The number of methoxy groups -OCH3 is 1. The highest BCUT2D eigenvalue weighted by Crippen LogP contribution is 2.18. The molecule has 0 amide bonds. The van der Waals surface area contributed by atoms with Gasteiger partial charge in [0.1, 0.15) is 11.6 Å². The van der Waals surface area contributed by atoms with Gasteiger partial charge in [-0.25, -0.2) is 4.98 Å². The number of benzene rings is 2. The summed E-state index contributed by atoms with van der Waals surface area (Å²) in [4.78, 5) is 8.74. The lowest BCUT2D eigenvalue weighted by atomic mass is 10.1. The number of anilines is 3. The third-order valence-electron chi connectivity index (χ3n) is 3.61. The molecule has 0 radical (unpaired) electrons. The maximum atomic E-state index is 5.25. The van der Waals surface area contributed by atoms with Crippen molar-refractivity contribution in [1.29, 1.82) is 0 Å². The molecular formula is C19H19BrN4O. The summed E-state index contributed by atoms with van der Waals surface area (Å²) in [6, 6.07) is 17.8. The predicted molar refractivity (Wildman–Crippen MR) is 105 cm³/mol. The minimum atomic E-state index is 0.564. The second-order valence-corrected chi connectivity index (χ2v) is 6.34. The summed E-state index contributed by atoms with van der Waals surface area (Å²) in [6.07, 6.45) is 2.62. The molecule has 0 aliphatic rings. The van der Waals surface area contributed by atoms with Gasteiger partial charge in [0.05, 0.1) is 7.11 Å². The molecule has 1 heterocycles. The van der Waals surface area contributed by atoms with E-state index in [1.54, 1.807) is 13.3 Å². The lowest BCUT2D eigenvalue weighted by Crippen LogP contribution is -2.07. The van der Waals surface area contributed by atoms with E-state index in [4.69, 9.17) is 4.74 Å². The summed E-state index contributed by atoms with van der Waals surface area (Å²) in [5.74, 6) is 2.23. The normalized spacial score (nSPS) is 10.3. The molecule has 5 nitrogen and oxygen atoms in total. The molecule has 2 N–H and O–H groups in total. The summed E-state index contributed by atoms with van der Waals surface area (Å²) < 4.78 is 6.28. The van der Waals surface area contributed by atoms with Gasteiger partial charge in [-0.2, -0.15) is 4.98 Å². The second-order valence-electron chi connectivity index (χ2n) is 5.43. The summed E-state index contributed by atoms with van der Waals surface area (Å²) in [5.41, 5.74) is 2.16. The average molecular weight is 399 g/mol. The summed E-state index contributed by atoms with van der Waals surface area (Å²) >= 11 is 3.42. The Hall–Kier alpha value is -2.60. The van der Waals surface area contributed by atoms with Crippen LogP contribution in [0, 0.1) is 0 Å². The Balaban J connectivity index is 1.57. The number of hydrogen-bond donors (Lipinski definition) is 2. The minimum Gasteiger partial charge on any atom is -0.497 e. The van der Waals surface area contributed by atoms with Crippen molar-refractivity contribution < 1.29 is 4.74 Å². The van der Waals surface area contributed by atoms with E-state index >= 15 is 0 Å². The van der Waals surface area contributed by atoms with Crippen LogP contribution in [-0.2, 0) is 6.42 Å². The zero-order chi connectivity index (χ0) is 17.5. The first-order valence-corrected chi connectivity index (χ1v) is 8.75. The lowest BCUT2D eigenvalue weighted by Gasteiger charge is -2.09. The van der Waals surface area contributed by atoms with Gasteiger partial charge in [0.2, 0.25) is 5.95 Å². The van der Waals surface area contributed by atoms with Gasteiger partial charge in [0.15, 0.2) is 0 Å². The number of nitrogens with zero attached hydrogens (tertiary/aromatic N) is 2. The Morgan fingerprint density at radius 1 is 1.08 bits per heavy atom. The van der Waals surface area contributed by atoms with E-state index in [0.29, 0.717) is 5.95 Å². The van der Waals surface area contributed by atoms with Crippen LogP contribution in [0.5, 0.6) is 5.75 Å². The minimum absolute atomic E-state index is 0.564. The molecule has 1 aromatic heterocycles. The van der Waals surface area contributed by atoms with Crippen LogP contribution in [0.15, 0.2) is 65.3 Å². The summed E-state index contributed by atoms with van der Waals surface area (Å²) in [5, 5.41) is 6.52. The smallest absolute Gasteiger partial charge is 0.229 e. The molecule has 0 fully saturated rings. The molecule has 25 heavy (non-hydrogen) atoms. The monoisotopic (exact) mass is 398 g/mol. The fourth-order valence-corrected chi connectivity index (χ4v) is 2.61. The lowest BCUT2D eigenvalue weighted by molar-refractivity contribution is 0.414. The van der Waals surface area contributed by atoms with E-state index in [2.05, 4.69) is 42.6 Å². The highest BCUT2D eigenvalue weighted by Gasteiger charge is 2.01. The molecule has 0 spiro atoms. The fraction of sp³-hybridized carbons (Fsp3) is 0.158. The van der Waals surface area contributed by atoms with Crippen LogP contribution < -0.4 is 15.4 Å². The van der Waals surface area contributed by atoms with E-state index < -0.39 is 0 Å². The van der Waals surface area contributed by atoms with Gasteiger partial charge in [-0.05, 0) is 54.4 Å². The SMILES string of the molecule is COc1cccc(CCNc2ccnc(Nc3ccc(Br)cc3)n2)c1. The van der Waals surface area contributed by atoms with Crippen molar-refractivity contribution in [2.24, 2.45) is 0 Å². The van der Waals surface area contributed by atoms with Crippen molar-refractivity contribution in [1.82, 2.24) is 9.97 Å². The largest absolute Gasteiger partial charge is 0.497 e. The van der Waals surface area contributed by atoms with Crippen molar-refractivity contribution >= 4 is 33.4 Å². The molecule has 128 valence electrons. The molecular weight excluding hydrogens is 380 g/mol. The van der Waals surface area contributed by atoms with Crippen molar-refractivity contribution in [3.8, 4) is 5.75 Å². The van der Waals surface area contributed by atoms with E-state index in [1.807, 2.05) is 48.5 Å². The van der Waals surface area contributed by atoms with Gasteiger partial charge in [-0.3, -0.25) is 0 Å². The van der Waals surface area contributed by atoms with Crippen LogP contribution in [-0.4, -0.2) is 23.6 Å². The van der Waals surface area contributed by atoms with Gasteiger partial charge >= 0.3 is 0 Å². The molecule has 0 aliphatic carbocycles. The maximum absolute atomic E-state index is 5.25. The van der Waals surface area contributed by atoms with Crippen molar-refractivity contribution in [2.45, 2.75) is 6.42 Å². The van der Waals surface area contributed by atoms with Crippen LogP contribution in [0.1, 0.15) is 5.56 Å². The number of nitrogens with one attached hydrogen (secondary N) is 2. The standard InChI is InChI=1S/C19H19BrN4O/c1-25-17-4-2-3-14(13-17)9-11-21-18-10-12-22-19(24-18)23-16-7-5-15(20)6-8-16/h2-8,10,12-13H,9,11H2,1H3,(H2,21,22,23,24). The number of aromatic nitrogens is 2. The zero-order valence-electron chi connectivity index (χ0n) is 13.9. The second kappa shape index (κ2) is 8.48. The van der Waals surface area contributed by atoms with E-state index in [-0.39, 0.29) is 0 Å². The molecule has 6 heteroatoms. The maximum Gasteiger partial charge on any atom is 0.229 e. The molecule has 0 saturated heterocycles. The topological polar surface area (TPSA) is 59.1 Å². The summed E-state index contributed by atoms with van der Waals surface area (Å²) in [6.45, 7) is 0.780. The van der Waals surface area contributed by atoms with Crippen LogP contribution >= 0.6 is 15.9 Å². The quantitative estimate of drug-likeness (QED) is 0.606. The zero-order valence-corrected chi connectivity index (χ0v) is 15.5. The number of halogens is 1. The predicted octanol–water partition coefficient (Wildman–Crippen LogP) is 4.65. The van der Waals surface area contributed by atoms with Crippen LogP contribution in [0.2, 0.25) is 0 Å². The molecule has 3 aromatic rings. The summed E-state index contributed by atoms with van der Waals surface area (Å²) in [7, 11) is 1.68. The van der Waals surface area contributed by atoms with Gasteiger partial charge in [0.25, 0.3) is 0 Å². The van der Waals surface area contributed by atoms with Crippen LogP contribution in [0.4, 0.5) is 17.5 Å². The molecule has 0 bridgehead atoms. The van der Waals surface area contributed by atoms with E-state index in [9.17, 15) is 0 Å². The van der Waals surface area contributed by atoms with E-state index in [0.717, 1.165) is 34.7 Å². The molecule has 0 saturated carbocycles. The molecule has 0 atom stereocenters. The third-order valence-corrected chi connectivity index (χ3v) is 4.14. The van der Waals surface area contributed by atoms with Crippen LogP contribution in [0.3, 0.4) is 0 Å². The average Bonchev–Trinajstić information content (AvgIpc) is 2.64. The van der Waals surface area contributed by atoms with Gasteiger partial charge < -0.3 is 15.4 Å². The first-order chi connectivity index (χ1) is 12.2. The number of rotatable bonds is 7. The Kier molecular flexibility index (Phi) is 5.85. The molecule has 0 aliphatic heterocycles. The van der Waals surface area contributed by atoms with Crippen molar-refractivity contribution in [3.05, 3.63) is 70.8 Å². The van der Waals surface area contributed by atoms with Crippen LogP contribution in [0.25, 0.3) is 0 Å². The van der Waals surface area contributed by atoms with Crippen molar-refractivity contribution in [2.75, 3.05) is 24.3 Å². The fourth-order valence-electron chi connectivity index (χ4n) is 2.34. The van der Waals surface area contributed by atoms with Gasteiger partial charge in [0, 0.05) is 22.9 Å². The Morgan fingerprint density at radius 2 is 1.92 bits per heavy atom. The molecule has 3 rings (SSSR count). The molecule has 0 unspecified atom stereocenters. The van der Waals surface area contributed by atoms with Crippen molar-refractivity contribution in [3.63, 3.8) is 0 Å². The first kappa shape index (κ1) is 17.2. The Labute approximate surface area is 155 Å². The van der Waals surface area contributed by atoms with E-state index in [1.165, 1.54) is 5.56 Å². The Bertz CT molecular complexity index is 824. The number of ether oxygens (including phenoxy) is 1. The highest BCUT2D eigenvalue weighted by atomic mass is 79.9. The van der Waals surface area contributed by atoms with Gasteiger partial charge in [-0.1, -0.05) is 28.1 Å². The Morgan fingerprint density at radius 3 is 2.72 bits per heavy atom. The molecule has 2 aromatic carbocycles. The number of hydrogen-bond acceptors (Lipinski definition) is 5. The van der Waals surface area contributed by atoms with Gasteiger partial charge in [-0.15, -0.1) is 0 Å². The first-order valence-electron chi connectivity index (χ1n) is 7.95. The third kappa shape index (κ3) is 5.19.